The third-order valence-corrected chi connectivity index (χ3v) is 5.92. The lowest BCUT2D eigenvalue weighted by atomic mass is 10.1. The number of para-hydroxylation sites is 1. The molecule has 1 amide bonds. The highest BCUT2D eigenvalue weighted by molar-refractivity contribution is 7.89. The van der Waals surface area contributed by atoms with Crippen molar-refractivity contribution in [2.24, 2.45) is 0 Å². The van der Waals surface area contributed by atoms with Gasteiger partial charge in [0.1, 0.15) is 5.76 Å². The van der Waals surface area contributed by atoms with E-state index < -0.39 is 10.0 Å². The Kier molecular flexibility index (Phi) is 7.26. The Balaban J connectivity index is 1.55. The molecular weight excluding hydrogens is 402 g/mol. The number of benzene rings is 2. The minimum Gasteiger partial charge on any atom is -0.468 e. The van der Waals surface area contributed by atoms with Crippen LogP contribution in [0.2, 0.25) is 0 Å². The van der Waals surface area contributed by atoms with Gasteiger partial charge in [-0.1, -0.05) is 24.3 Å². The van der Waals surface area contributed by atoms with Gasteiger partial charge in [-0.05, 0) is 55.3 Å². The molecule has 2 aromatic carbocycles. The fourth-order valence-corrected chi connectivity index (χ4v) is 3.87. The number of carbonyl (C=O) groups is 1. The van der Waals surface area contributed by atoms with E-state index in [0.29, 0.717) is 30.0 Å². The van der Waals surface area contributed by atoms with Crippen LogP contribution in [-0.2, 0) is 16.6 Å². The molecule has 0 spiro atoms. The summed E-state index contributed by atoms with van der Waals surface area (Å²) in [5.74, 6) is 0.211. The highest BCUT2D eigenvalue weighted by Gasteiger charge is 2.18. The number of rotatable bonds is 10. The van der Waals surface area contributed by atoms with E-state index in [4.69, 9.17) is 4.42 Å². The van der Waals surface area contributed by atoms with Crippen LogP contribution in [0.4, 0.5) is 5.69 Å². The number of sulfonamides is 1. The topological polar surface area (TPSA) is 100 Å². The summed E-state index contributed by atoms with van der Waals surface area (Å²) >= 11 is 0. The Labute approximate surface area is 176 Å². The summed E-state index contributed by atoms with van der Waals surface area (Å²) in [4.78, 5) is 12.6. The van der Waals surface area contributed by atoms with Gasteiger partial charge < -0.3 is 15.1 Å². The van der Waals surface area contributed by atoms with Gasteiger partial charge in [-0.2, -0.15) is 0 Å². The van der Waals surface area contributed by atoms with E-state index in [2.05, 4.69) is 15.4 Å². The predicted octanol–water partition coefficient (Wildman–Crippen LogP) is 3.30. The summed E-state index contributed by atoms with van der Waals surface area (Å²) in [5, 5.41) is 6.13. The maximum atomic E-state index is 12.6. The third-order valence-electron chi connectivity index (χ3n) is 4.52. The predicted molar refractivity (Wildman–Crippen MR) is 116 cm³/mol. The van der Waals surface area contributed by atoms with Crippen molar-refractivity contribution in [3.8, 4) is 0 Å². The van der Waals surface area contributed by atoms with E-state index in [9.17, 15) is 13.2 Å². The molecule has 3 rings (SSSR count). The fraction of sp³-hybridized carbons (Fsp3) is 0.227. The lowest BCUT2D eigenvalue weighted by molar-refractivity contribution is 0.0952. The van der Waals surface area contributed by atoms with Gasteiger partial charge in [0.2, 0.25) is 10.0 Å². The van der Waals surface area contributed by atoms with Crippen molar-refractivity contribution in [2.75, 3.05) is 18.4 Å². The lowest BCUT2D eigenvalue weighted by Crippen LogP contribution is -2.27. The molecule has 3 aromatic rings. The summed E-state index contributed by atoms with van der Waals surface area (Å²) in [7, 11) is -3.77. The van der Waals surface area contributed by atoms with Crippen molar-refractivity contribution in [1.82, 2.24) is 10.0 Å². The molecule has 0 aliphatic heterocycles. The summed E-state index contributed by atoms with van der Waals surface area (Å²) in [6.45, 7) is 3.01. The van der Waals surface area contributed by atoms with Crippen molar-refractivity contribution in [3.63, 3.8) is 0 Å². The number of amides is 1. The second-order valence-electron chi connectivity index (χ2n) is 6.78. The van der Waals surface area contributed by atoms with Crippen molar-refractivity contribution >= 4 is 21.6 Å². The molecular formula is C22H25N3O4S. The third kappa shape index (κ3) is 5.95. The number of aryl methyl sites for hydroxylation is 1. The highest BCUT2D eigenvalue weighted by Crippen LogP contribution is 2.16. The van der Waals surface area contributed by atoms with Crippen LogP contribution in [0.1, 0.15) is 28.1 Å². The smallest absolute Gasteiger partial charge is 0.251 e. The Morgan fingerprint density at radius 3 is 2.53 bits per heavy atom. The molecule has 0 aliphatic rings. The van der Waals surface area contributed by atoms with Gasteiger partial charge in [-0.3, -0.25) is 4.79 Å². The van der Waals surface area contributed by atoms with Crippen LogP contribution in [0.3, 0.4) is 0 Å². The second kappa shape index (κ2) is 10.1. The average Bonchev–Trinajstić information content (AvgIpc) is 3.27. The van der Waals surface area contributed by atoms with E-state index >= 15 is 0 Å². The zero-order chi connectivity index (χ0) is 21.4. The minimum atomic E-state index is -3.77. The van der Waals surface area contributed by atoms with Crippen LogP contribution in [0, 0.1) is 6.92 Å². The van der Waals surface area contributed by atoms with Gasteiger partial charge >= 0.3 is 0 Å². The molecule has 30 heavy (non-hydrogen) atoms. The lowest BCUT2D eigenvalue weighted by Gasteiger charge is -2.11. The molecule has 3 N–H and O–H groups in total. The van der Waals surface area contributed by atoms with Crippen molar-refractivity contribution in [2.45, 2.75) is 24.8 Å². The van der Waals surface area contributed by atoms with Crippen LogP contribution >= 0.6 is 0 Å². The first-order valence-corrected chi connectivity index (χ1v) is 11.1. The SMILES string of the molecule is Cc1ccc(S(=O)(=O)NCc2ccco2)cc1C(=O)NCCCNc1ccccc1. The molecule has 0 aliphatic carbocycles. The monoisotopic (exact) mass is 427 g/mol. The normalized spacial score (nSPS) is 11.2. The van der Waals surface area contributed by atoms with Gasteiger partial charge in [0.15, 0.2) is 0 Å². The highest BCUT2D eigenvalue weighted by atomic mass is 32.2. The van der Waals surface area contributed by atoms with Crippen LogP contribution in [-0.4, -0.2) is 27.4 Å². The Bertz CT molecular complexity index is 1070. The van der Waals surface area contributed by atoms with E-state index in [1.807, 2.05) is 30.3 Å². The van der Waals surface area contributed by atoms with Crippen molar-refractivity contribution < 1.29 is 17.6 Å². The first-order chi connectivity index (χ1) is 14.5. The van der Waals surface area contributed by atoms with Crippen LogP contribution < -0.4 is 15.4 Å². The molecule has 1 aromatic heterocycles. The van der Waals surface area contributed by atoms with Gasteiger partial charge in [-0.25, -0.2) is 13.1 Å². The largest absolute Gasteiger partial charge is 0.468 e. The van der Waals surface area contributed by atoms with E-state index in [0.717, 1.165) is 12.1 Å². The fourth-order valence-electron chi connectivity index (χ4n) is 2.85. The summed E-state index contributed by atoms with van der Waals surface area (Å²) in [6.07, 6.45) is 2.22. The van der Waals surface area contributed by atoms with E-state index in [1.165, 1.54) is 18.4 Å². The molecule has 0 saturated heterocycles. The number of carbonyl (C=O) groups excluding carboxylic acids is 1. The maximum Gasteiger partial charge on any atom is 0.251 e. The van der Waals surface area contributed by atoms with Crippen LogP contribution in [0.15, 0.2) is 76.2 Å². The molecule has 0 saturated carbocycles. The molecule has 1 heterocycles. The number of hydrogen-bond donors (Lipinski definition) is 3. The van der Waals surface area contributed by atoms with Crippen molar-refractivity contribution in [1.29, 1.82) is 0 Å². The zero-order valence-corrected chi connectivity index (χ0v) is 17.5. The van der Waals surface area contributed by atoms with Gasteiger partial charge in [0.25, 0.3) is 5.91 Å². The summed E-state index contributed by atoms with van der Waals surface area (Å²) < 4.78 is 32.7. The molecule has 0 bridgehead atoms. The first-order valence-electron chi connectivity index (χ1n) is 9.65. The van der Waals surface area contributed by atoms with Gasteiger partial charge in [0, 0.05) is 24.3 Å². The Morgan fingerprint density at radius 2 is 1.80 bits per heavy atom. The molecule has 0 unspecified atom stereocenters. The number of anilines is 1. The number of hydrogen-bond acceptors (Lipinski definition) is 5. The number of nitrogens with one attached hydrogen (secondary N) is 3. The molecule has 158 valence electrons. The van der Waals surface area contributed by atoms with Crippen LogP contribution in [0.5, 0.6) is 0 Å². The Hall–Kier alpha value is -3.10. The van der Waals surface area contributed by atoms with E-state index in [-0.39, 0.29) is 17.3 Å². The molecule has 0 radical (unpaired) electrons. The standard InChI is InChI=1S/C22H25N3O4S/c1-17-10-11-20(30(27,28)25-16-19-9-5-14-29-19)15-21(17)22(26)24-13-6-12-23-18-7-3-2-4-8-18/h2-5,7-11,14-15,23,25H,6,12-13,16H2,1H3,(H,24,26). The molecule has 0 fully saturated rings. The van der Waals surface area contributed by atoms with Crippen LogP contribution in [0.25, 0.3) is 0 Å². The molecule has 8 heteroatoms. The van der Waals surface area contributed by atoms with Gasteiger partial charge in [0.05, 0.1) is 17.7 Å². The maximum absolute atomic E-state index is 12.6. The number of furan rings is 1. The minimum absolute atomic E-state index is 0.0375. The molecule has 0 atom stereocenters. The molecule has 7 nitrogen and oxygen atoms in total. The van der Waals surface area contributed by atoms with Crippen molar-refractivity contribution in [3.05, 3.63) is 83.8 Å². The van der Waals surface area contributed by atoms with E-state index in [1.54, 1.807) is 25.1 Å². The second-order valence-corrected chi connectivity index (χ2v) is 8.55. The van der Waals surface area contributed by atoms with Gasteiger partial charge in [-0.15, -0.1) is 0 Å². The first kappa shape index (κ1) is 21.6. The summed E-state index contributed by atoms with van der Waals surface area (Å²) in [6, 6.07) is 17.7. The quantitative estimate of drug-likeness (QED) is 0.431. The zero-order valence-electron chi connectivity index (χ0n) is 16.7. The average molecular weight is 428 g/mol. The summed E-state index contributed by atoms with van der Waals surface area (Å²) in [5.41, 5.74) is 2.08. The Morgan fingerprint density at radius 1 is 1.00 bits per heavy atom.